The monoisotopic (exact) mass is 311 g/mol. The lowest BCUT2D eigenvalue weighted by atomic mass is 10.1. The Balaban J connectivity index is 1.51. The molecule has 5 nitrogen and oxygen atoms in total. The fourth-order valence-electron chi connectivity index (χ4n) is 2.18. The average Bonchev–Trinajstić information content (AvgIpc) is 3.04. The number of guanidine groups is 1. The molecule has 1 aliphatic rings. The summed E-state index contributed by atoms with van der Waals surface area (Å²) in [6.07, 6.45) is 3.42. The molecule has 1 aliphatic heterocycles. The third-order valence-corrected chi connectivity index (χ3v) is 4.25. The number of thiophene rings is 1. The second kappa shape index (κ2) is 9.76. The van der Waals surface area contributed by atoms with Crippen LogP contribution >= 0.6 is 11.3 Å². The normalized spacial score (nSPS) is 16.9. The largest absolute Gasteiger partial charge is 0.381 e. The topological polar surface area (TPSA) is 54.9 Å². The van der Waals surface area contributed by atoms with E-state index in [0.717, 1.165) is 58.1 Å². The van der Waals surface area contributed by atoms with Gasteiger partial charge in [-0.1, -0.05) is 6.07 Å². The molecule has 1 fully saturated rings. The van der Waals surface area contributed by atoms with Gasteiger partial charge in [0.1, 0.15) is 0 Å². The van der Waals surface area contributed by atoms with Crippen molar-refractivity contribution < 1.29 is 9.47 Å². The highest BCUT2D eigenvalue weighted by atomic mass is 32.1. The predicted octanol–water partition coefficient (Wildman–Crippen LogP) is 2.00. The van der Waals surface area contributed by atoms with Crippen LogP contribution in [0.15, 0.2) is 22.5 Å². The molecule has 2 rings (SSSR count). The molecular formula is C15H25N3O2S. The van der Waals surface area contributed by atoms with Crippen molar-refractivity contribution in [3.05, 3.63) is 22.4 Å². The molecule has 0 amide bonds. The summed E-state index contributed by atoms with van der Waals surface area (Å²) in [6.45, 7) is 4.15. The van der Waals surface area contributed by atoms with Gasteiger partial charge in [0, 0.05) is 38.3 Å². The zero-order chi connectivity index (χ0) is 14.8. The van der Waals surface area contributed by atoms with Crippen LogP contribution in [0.3, 0.4) is 0 Å². The summed E-state index contributed by atoms with van der Waals surface area (Å²) in [6, 6.07) is 4.18. The van der Waals surface area contributed by atoms with Crippen molar-refractivity contribution in [3.63, 3.8) is 0 Å². The number of hydrogen-bond donors (Lipinski definition) is 2. The standard InChI is InChI=1S/C15H25N3O2S/c1-16-15(18-12-14-4-2-11-21-14)17-7-3-8-20-13-5-9-19-10-6-13/h2,4,11,13H,3,5-10,12H2,1H3,(H2,16,17,18). The number of nitrogens with zero attached hydrogens (tertiary/aromatic N) is 1. The smallest absolute Gasteiger partial charge is 0.191 e. The molecule has 21 heavy (non-hydrogen) atoms. The molecule has 1 saturated heterocycles. The number of aliphatic imine (C=N–C) groups is 1. The summed E-state index contributed by atoms with van der Waals surface area (Å²) in [5.74, 6) is 0.842. The Labute approximate surface area is 130 Å². The van der Waals surface area contributed by atoms with E-state index in [1.807, 2.05) is 0 Å². The van der Waals surface area contributed by atoms with Gasteiger partial charge in [0.2, 0.25) is 0 Å². The van der Waals surface area contributed by atoms with E-state index in [1.165, 1.54) is 4.88 Å². The molecule has 2 heterocycles. The van der Waals surface area contributed by atoms with E-state index in [1.54, 1.807) is 18.4 Å². The highest BCUT2D eigenvalue weighted by molar-refractivity contribution is 7.09. The third-order valence-electron chi connectivity index (χ3n) is 3.37. The molecular weight excluding hydrogens is 286 g/mol. The van der Waals surface area contributed by atoms with Gasteiger partial charge in [0.05, 0.1) is 12.6 Å². The molecule has 0 unspecified atom stereocenters. The Bertz CT molecular complexity index is 403. The van der Waals surface area contributed by atoms with Crippen molar-refractivity contribution in [3.8, 4) is 0 Å². The first kappa shape index (κ1) is 16.3. The van der Waals surface area contributed by atoms with E-state index in [2.05, 4.69) is 33.1 Å². The van der Waals surface area contributed by atoms with E-state index >= 15 is 0 Å². The van der Waals surface area contributed by atoms with Crippen LogP contribution in [0.2, 0.25) is 0 Å². The molecule has 118 valence electrons. The lowest BCUT2D eigenvalue weighted by Gasteiger charge is -2.22. The maximum absolute atomic E-state index is 5.84. The van der Waals surface area contributed by atoms with Crippen LogP contribution < -0.4 is 10.6 Å². The summed E-state index contributed by atoms with van der Waals surface area (Å²) in [5.41, 5.74) is 0. The summed E-state index contributed by atoms with van der Waals surface area (Å²) in [5, 5.41) is 8.70. The quantitative estimate of drug-likeness (QED) is 0.459. The van der Waals surface area contributed by atoms with Gasteiger partial charge < -0.3 is 20.1 Å². The first-order valence-electron chi connectivity index (χ1n) is 7.54. The van der Waals surface area contributed by atoms with Crippen LogP contribution in [-0.4, -0.2) is 45.5 Å². The molecule has 0 aliphatic carbocycles. The number of hydrogen-bond acceptors (Lipinski definition) is 4. The van der Waals surface area contributed by atoms with E-state index in [4.69, 9.17) is 9.47 Å². The maximum Gasteiger partial charge on any atom is 0.191 e. The zero-order valence-corrected chi connectivity index (χ0v) is 13.5. The molecule has 0 atom stereocenters. The minimum absolute atomic E-state index is 0.384. The van der Waals surface area contributed by atoms with Gasteiger partial charge >= 0.3 is 0 Å². The molecule has 6 heteroatoms. The Morgan fingerprint density at radius 1 is 1.43 bits per heavy atom. The first-order chi connectivity index (χ1) is 10.4. The summed E-state index contributed by atoms with van der Waals surface area (Å²) in [7, 11) is 1.79. The lowest BCUT2D eigenvalue weighted by molar-refractivity contribution is -0.0320. The van der Waals surface area contributed by atoms with E-state index in [9.17, 15) is 0 Å². The average molecular weight is 311 g/mol. The minimum Gasteiger partial charge on any atom is -0.381 e. The molecule has 0 bridgehead atoms. The summed E-state index contributed by atoms with van der Waals surface area (Å²) >= 11 is 1.75. The molecule has 1 aromatic heterocycles. The van der Waals surface area contributed by atoms with Crippen LogP contribution in [-0.2, 0) is 16.0 Å². The Hall–Kier alpha value is -1.11. The van der Waals surface area contributed by atoms with Crippen molar-refractivity contribution in [2.45, 2.75) is 31.9 Å². The molecule has 0 saturated carbocycles. The number of nitrogens with one attached hydrogen (secondary N) is 2. The fraction of sp³-hybridized carbons (Fsp3) is 0.667. The highest BCUT2D eigenvalue weighted by Crippen LogP contribution is 2.10. The van der Waals surface area contributed by atoms with Crippen molar-refractivity contribution in [2.24, 2.45) is 4.99 Å². The van der Waals surface area contributed by atoms with Gasteiger partial charge in [0.15, 0.2) is 5.96 Å². The van der Waals surface area contributed by atoms with Crippen molar-refractivity contribution >= 4 is 17.3 Å². The number of ether oxygens (including phenoxy) is 2. The highest BCUT2D eigenvalue weighted by Gasteiger charge is 2.13. The summed E-state index contributed by atoms with van der Waals surface area (Å²) in [4.78, 5) is 5.52. The second-order valence-electron chi connectivity index (χ2n) is 4.97. The van der Waals surface area contributed by atoms with Gasteiger partial charge in [-0.3, -0.25) is 4.99 Å². The lowest BCUT2D eigenvalue weighted by Crippen LogP contribution is -2.37. The third kappa shape index (κ3) is 6.46. The van der Waals surface area contributed by atoms with Gasteiger partial charge in [-0.05, 0) is 30.7 Å². The molecule has 0 radical (unpaired) electrons. The molecule has 0 aromatic carbocycles. The zero-order valence-electron chi connectivity index (χ0n) is 12.6. The van der Waals surface area contributed by atoms with Gasteiger partial charge in [-0.25, -0.2) is 0 Å². The first-order valence-corrected chi connectivity index (χ1v) is 8.42. The van der Waals surface area contributed by atoms with Crippen molar-refractivity contribution in [2.75, 3.05) is 33.4 Å². The van der Waals surface area contributed by atoms with Crippen LogP contribution in [0.5, 0.6) is 0 Å². The number of rotatable bonds is 7. The molecule has 1 aromatic rings. The van der Waals surface area contributed by atoms with Gasteiger partial charge in [0.25, 0.3) is 0 Å². The predicted molar refractivity (Wildman–Crippen MR) is 86.9 cm³/mol. The Morgan fingerprint density at radius 2 is 2.29 bits per heavy atom. The molecule has 0 spiro atoms. The van der Waals surface area contributed by atoms with Crippen molar-refractivity contribution in [1.82, 2.24) is 10.6 Å². The van der Waals surface area contributed by atoms with Crippen LogP contribution in [0, 0.1) is 0 Å². The van der Waals surface area contributed by atoms with Crippen LogP contribution in [0.4, 0.5) is 0 Å². The van der Waals surface area contributed by atoms with Crippen LogP contribution in [0.1, 0.15) is 24.1 Å². The summed E-state index contributed by atoms with van der Waals surface area (Å²) < 4.78 is 11.2. The minimum atomic E-state index is 0.384. The van der Waals surface area contributed by atoms with Gasteiger partial charge in [-0.2, -0.15) is 0 Å². The SMILES string of the molecule is CN=C(NCCCOC1CCOCC1)NCc1cccs1. The molecule has 2 N–H and O–H groups in total. The Kier molecular flexibility index (Phi) is 7.56. The fourth-order valence-corrected chi connectivity index (χ4v) is 2.82. The van der Waals surface area contributed by atoms with E-state index in [-0.39, 0.29) is 0 Å². The maximum atomic E-state index is 5.84. The second-order valence-corrected chi connectivity index (χ2v) is 6.00. The van der Waals surface area contributed by atoms with E-state index in [0.29, 0.717) is 6.10 Å². The Morgan fingerprint density at radius 3 is 3.00 bits per heavy atom. The van der Waals surface area contributed by atoms with Gasteiger partial charge in [-0.15, -0.1) is 11.3 Å². The van der Waals surface area contributed by atoms with Crippen LogP contribution in [0.25, 0.3) is 0 Å². The van der Waals surface area contributed by atoms with E-state index < -0.39 is 0 Å². The van der Waals surface area contributed by atoms with Crippen molar-refractivity contribution in [1.29, 1.82) is 0 Å².